The quantitative estimate of drug-likeness (QED) is 0.344. The van der Waals surface area contributed by atoms with Crippen molar-refractivity contribution in [3.63, 3.8) is 0 Å². The number of guanidine groups is 1. The summed E-state index contributed by atoms with van der Waals surface area (Å²) in [7, 11) is 0. The first-order valence-corrected chi connectivity index (χ1v) is 9.89. The average Bonchev–Trinajstić information content (AvgIpc) is 3.07. The van der Waals surface area contributed by atoms with E-state index in [1.54, 1.807) is 0 Å². The Kier molecular flexibility index (Phi) is 11.2. The fourth-order valence-corrected chi connectivity index (χ4v) is 3.12. The highest BCUT2D eigenvalue weighted by Crippen LogP contribution is 2.17. The first kappa shape index (κ1) is 23.2. The number of halogens is 1. The molecule has 5 heteroatoms. The van der Waals surface area contributed by atoms with Crippen molar-refractivity contribution >= 4 is 29.9 Å². The summed E-state index contributed by atoms with van der Waals surface area (Å²) >= 11 is 0. The van der Waals surface area contributed by atoms with Gasteiger partial charge >= 0.3 is 0 Å². The third-order valence-corrected chi connectivity index (χ3v) is 5.15. The van der Waals surface area contributed by atoms with E-state index >= 15 is 0 Å². The van der Waals surface area contributed by atoms with Crippen LogP contribution in [-0.4, -0.2) is 49.6 Å². The molecule has 4 nitrogen and oxygen atoms in total. The number of aliphatic imine (C=N–C) groups is 1. The van der Waals surface area contributed by atoms with Crippen LogP contribution in [0.15, 0.2) is 35.3 Å². The zero-order chi connectivity index (χ0) is 18.1. The second-order valence-corrected chi connectivity index (χ2v) is 7.59. The lowest BCUT2D eigenvalue weighted by Gasteiger charge is -2.21. The van der Waals surface area contributed by atoms with E-state index < -0.39 is 0 Å². The van der Waals surface area contributed by atoms with Crippen molar-refractivity contribution in [1.82, 2.24) is 15.5 Å². The Labute approximate surface area is 177 Å². The molecule has 26 heavy (non-hydrogen) atoms. The van der Waals surface area contributed by atoms with Crippen molar-refractivity contribution < 1.29 is 0 Å². The fourth-order valence-electron chi connectivity index (χ4n) is 3.12. The Morgan fingerprint density at radius 1 is 1.23 bits per heavy atom. The number of nitrogens with zero attached hydrogens (tertiary/aromatic N) is 2. The summed E-state index contributed by atoms with van der Waals surface area (Å²) in [5, 5.41) is 6.90. The molecule has 2 rings (SSSR count). The van der Waals surface area contributed by atoms with E-state index in [2.05, 4.69) is 73.6 Å². The third-order valence-electron chi connectivity index (χ3n) is 5.15. The van der Waals surface area contributed by atoms with Crippen LogP contribution < -0.4 is 10.6 Å². The van der Waals surface area contributed by atoms with E-state index in [9.17, 15) is 0 Å². The maximum atomic E-state index is 4.84. The monoisotopic (exact) mass is 472 g/mol. The summed E-state index contributed by atoms with van der Waals surface area (Å²) in [6.07, 6.45) is 2.41. The minimum atomic E-state index is 0. The molecule has 1 aromatic carbocycles. The molecule has 1 aromatic rings. The van der Waals surface area contributed by atoms with Gasteiger partial charge in [0.1, 0.15) is 0 Å². The second kappa shape index (κ2) is 12.5. The molecule has 0 aromatic heterocycles. The molecule has 1 aliphatic rings. The summed E-state index contributed by atoms with van der Waals surface area (Å²) < 4.78 is 0. The van der Waals surface area contributed by atoms with Crippen molar-refractivity contribution in [2.24, 2.45) is 16.8 Å². The Bertz CT molecular complexity index is 518. The molecule has 0 bridgehead atoms. The van der Waals surface area contributed by atoms with Gasteiger partial charge in [-0.05, 0) is 50.6 Å². The minimum absolute atomic E-state index is 0. The van der Waals surface area contributed by atoms with Crippen molar-refractivity contribution in [2.75, 3.05) is 32.7 Å². The lowest BCUT2D eigenvalue weighted by molar-refractivity contribution is 0.329. The molecule has 1 heterocycles. The Hall–Kier alpha value is -0.820. The highest BCUT2D eigenvalue weighted by Gasteiger charge is 2.22. The molecule has 1 aliphatic heterocycles. The van der Waals surface area contributed by atoms with Gasteiger partial charge in [-0.1, -0.05) is 44.2 Å². The largest absolute Gasteiger partial charge is 0.357 e. The van der Waals surface area contributed by atoms with Crippen LogP contribution in [0.4, 0.5) is 0 Å². The number of hydrogen-bond donors (Lipinski definition) is 2. The molecule has 2 atom stereocenters. The molecule has 2 N–H and O–H groups in total. The highest BCUT2D eigenvalue weighted by molar-refractivity contribution is 14.0. The van der Waals surface area contributed by atoms with Crippen LogP contribution >= 0.6 is 24.0 Å². The maximum Gasteiger partial charge on any atom is 0.191 e. The van der Waals surface area contributed by atoms with Gasteiger partial charge in [0.2, 0.25) is 0 Å². The van der Waals surface area contributed by atoms with E-state index in [-0.39, 0.29) is 24.0 Å². The molecule has 0 saturated carbocycles. The summed E-state index contributed by atoms with van der Waals surface area (Å²) in [5.74, 6) is 2.25. The third kappa shape index (κ3) is 8.25. The van der Waals surface area contributed by atoms with Gasteiger partial charge in [0, 0.05) is 32.2 Å². The Balaban J connectivity index is 0.00000338. The molecule has 0 radical (unpaired) electrons. The van der Waals surface area contributed by atoms with E-state index in [4.69, 9.17) is 4.99 Å². The molecule has 0 spiro atoms. The first-order valence-electron chi connectivity index (χ1n) is 9.89. The fraction of sp³-hybridized carbons (Fsp3) is 0.667. The van der Waals surface area contributed by atoms with Gasteiger partial charge < -0.3 is 15.5 Å². The van der Waals surface area contributed by atoms with Crippen LogP contribution in [0.5, 0.6) is 0 Å². The summed E-state index contributed by atoms with van der Waals surface area (Å²) in [6.45, 7) is 14.2. The molecule has 0 amide bonds. The SMILES string of the molecule is CCNC(=NCC1CCN(CCc2ccccc2)C1)NC(C)C(C)C.I. The van der Waals surface area contributed by atoms with E-state index in [0.717, 1.165) is 32.0 Å². The van der Waals surface area contributed by atoms with Gasteiger partial charge in [-0.25, -0.2) is 0 Å². The number of rotatable bonds is 8. The van der Waals surface area contributed by atoms with Gasteiger partial charge in [-0.3, -0.25) is 4.99 Å². The summed E-state index contributed by atoms with van der Waals surface area (Å²) in [6, 6.07) is 11.2. The van der Waals surface area contributed by atoms with Crippen LogP contribution in [0.25, 0.3) is 0 Å². The van der Waals surface area contributed by atoms with Crippen molar-refractivity contribution in [3.8, 4) is 0 Å². The van der Waals surface area contributed by atoms with Crippen molar-refractivity contribution in [2.45, 2.75) is 46.6 Å². The van der Waals surface area contributed by atoms with Crippen LogP contribution in [0.2, 0.25) is 0 Å². The molecule has 148 valence electrons. The normalized spacial score (nSPS) is 19.3. The molecule has 2 unspecified atom stereocenters. The van der Waals surface area contributed by atoms with Gasteiger partial charge in [0.25, 0.3) is 0 Å². The molecule has 0 aliphatic carbocycles. The predicted molar refractivity (Wildman–Crippen MR) is 124 cm³/mol. The van der Waals surface area contributed by atoms with Gasteiger partial charge in [-0.2, -0.15) is 0 Å². The van der Waals surface area contributed by atoms with Crippen LogP contribution in [0.1, 0.15) is 39.7 Å². The zero-order valence-corrected chi connectivity index (χ0v) is 19.2. The van der Waals surface area contributed by atoms with Crippen molar-refractivity contribution in [1.29, 1.82) is 0 Å². The topological polar surface area (TPSA) is 39.7 Å². The lowest BCUT2D eigenvalue weighted by Crippen LogP contribution is -2.44. The average molecular weight is 472 g/mol. The van der Waals surface area contributed by atoms with Gasteiger partial charge in [0.15, 0.2) is 5.96 Å². The summed E-state index contributed by atoms with van der Waals surface area (Å²) in [4.78, 5) is 7.43. The Morgan fingerprint density at radius 2 is 1.96 bits per heavy atom. The number of hydrogen-bond acceptors (Lipinski definition) is 2. The smallest absolute Gasteiger partial charge is 0.191 e. The number of benzene rings is 1. The zero-order valence-electron chi connectivity index (χ0n) is 16.9. The van der Waals surface area contributed by atoms with E-state index in [1.165, 1.54) is 25.1 Å². The first-order chi connectivity index (χ1) is 12.1. The molecular formula is C21H37IN4. The maximum absolute atomic E-state index is 4.84. The van der Waals surface area contributed by atoms with Crippen LogP contribution in [-0.2, 0) is 6.42 Å². The molecule has 1 fully saturated rings. The Morgan fingerprint density at radius 3 is 2.62 bits per heavy atom. The standard InChI is InChI=1S/C21H36N4.HI/c1-5-22-21(24-18(4)17(2)3)23-15-20-12-14-25(16-20)13-11-19-9-7-6-8-10-19;/h6-10,17-18,20H,5,11-16H2,1-4H3,(H2,22,23,24);1H. The van der Waals surface area contributed by atoms with Crippen LogP contribution in [0.3, 0.4) is 0 Å². The van der Waals surface area contributed by atoms with Crippen LogP contribution in [0, 0.1) is 11.8 Å². The molecular weight excluding hydrogens is 435 g/mol. The van der Waals surface area contributed by atoms with Gasteiger partial charge in [0.05, 0.1) is 0 Å². The van der Waals surface area contributed by atoms with Crippen molar-refractivity contribution in [3.05, 3.63) is 35.9 Å². The van der Waals surface area contributed by atoms with E-state index in [1.807, 2.05) is 0 Å². The van der Waals surface area contributed by atoms with Gasteiger partial charge in [-0.15, -0.1) is 24.0 Å². The predicted octanol–water partition coefficient (Wildman–Crippen LogP) is 3.77. The minimum Gasteiger partial charge on any atom is -0.357 e. The highest BCUT2D eigenvalue weighted by atomic mass is 127. The lowest BCUT2D eigenvalue weighted by atomic mass is 10.1. The van der Waals surface area contributed by atoms with E-state index in [0.29, 0.717) is 17.9 Å². The number of nitrogens with one attached hydrogen (secondary N) is 2. The second-order valence-electron chi connectivity index (χ2n) is 7.59. The molecule has 1 saturated heterocycles. The summed E-state index contributed by atoms with van der Waals surface area (Å²) in [5.41, 5.74) is 1.44. The number of likely N-dealkylation sites (tertiary alicyclic amines) is 1.